The Morgan fingerprint density at radius 1 is 1.23 bits per heavy atom. The summed E-state index contributed by atoms with van der Waals surface area (Å²) >= 11 is 0. The minimum atomic E-state index is -0.816. The minimum Gasteiger partial charge on any atom is -0.383 e. The van der Waals surface area contributed by atoms with Gasteiger partial charge in [0.25, 0.3) is 0 Å². The number of aryl methyl sites for hydroxylation is 1. The molecule has 1 atom stereocenters. The maximum absolute atomic E-state index is 13.8. The Morgan fingerprint density at radius 2 is 2.00 bits per heavy atom. The van der Waals surface area contributed by atoms with Crippen molar-refractivity contribution in [3.05, 3.63) is 47.0 Å². The van der Waals surface area contributed by atoms with E-state index in [-0.39, 0.29) is 11.6 Å². The fraction of sp³-hybridized carbons (Fsp3) is 0.278. The van der Waals surface area contributed by atoms with Crippen molar-refractivity contribution in [2.45, 2.75) is 19.4 Å². The maximum atomic E-state index is 13.8. The first-order valence-electron chi connectivity index (χ1n) is 8.21. The number of nitrogens with zero attached hydrogens (tertiary/aromatic N) is 4. The van der Waals surface area contributed by atoms with E-state index in [1.165, 1.54) is 0 Å². The first-order chi connectivity index (χ1) is 12.6. The van der Waals surface area contributed by atoms with Gasteiger partial charge >= 0.3 is 0 Å². The minimum absolute atomic E-state index is 0.169. The molecule has 3 aromatic rings. The van der Waals surface area contributed by atoms with Crippen LogP contribution in [0.2, 0.25) is 0 Å². The molecule has 132 valence electrons. The predicted molar refractivity (Wildman–Crippen MR) is 93.3 cm³/mol. The van der Waals surface area contributed by atoms with E-state index in [0.717, 1.165) is 43.0 Å². The third kappa shape index (κ3) is 2.66. The van der Waals surface area contributed by atoms with E-state index in [9.17, 15) is 8.78 Å². The third-order valence-electron chi connectivity index (χ3n) is 4.48. The van der Waals surface area contributed by atoms with Crippen molar-refractivity contribution in [1.29, 1.82) is 0 Å². The van der Waals surface area contributed by atoms with E-state index < -0.39 is 11.6 Å². The van der Waals surface area contributed by atoms with Crippen LogP contribution < -0.4 is 11.1 Å². The quantitative estimate of drug-likeness (QED) is 0.653. The molecule has 0 bridgehead atoms. The second-order valence-electron chi connectivity index (χ2n) is 6.22. The largest absolute Gasteiger partial charge is 0.383 e. The number of aromatic nitrogens is 4. The van der Waals surface area contributed by atoms with Crippen LogP contribution in [0.1, 0.15) is 29.3 Å². The topological polar surface area (TPSA) is 81.7 Å². The van der Waals surface area contributed by atoms with Gasteiger partial charge in [-0.05, 0) is 31.4 Å². The Morgan fingerprint density at radius 3 is 2.69 bits per heavy atom. The zero-order valence-electron chi connectivity index (χ0n) is 14.1. The summed E-state index contributed by atoms with van der Waals surface area (Å²) in [5, 5.41) is 8.50. The van der Waals surface area contributed by atoms with Crippen molar-refractivity contribution in [3.63, 3.8) is 0 Å². The zero-order valence-corrected chi connectivity index (χ0v) is 14.1. The highest BCUT2D eigenvalue weighted by atomic mass is 19.1. The van der Waals surface area contributed by atoms with E-state index in [0.29, 0.717) is 16.9 Å². The van der Waals surface area contributed by atoms with Crippen molar-refractivity contribution < 1.29 is 8.78 Å². The van der Waals surface area contributed by atoms with Crippen LogP contribution in [0.5, 0.6) is 0 Å². The van der Waals surface area contributed by atoms with E-state index in [1.807, 2.05) is 11.6 Å². The van der Waals surface area contributed by atoms with Crippen LogP contribution in [-0.2, 0) is 0 Å². The van der Waals surface area contributed by atoms with Gasteiger partial charge in [-0.1, -0.05) is 5.92 Å². The fourth-order valence-corrected chi connectivity index (χ4v) is 3.20. The van der Waals surface area contributed by atoms with Crippen LogP contribution in [-0.4, -0.2) is 32.8 Å². The number of halogens is 2. The van der Waals surface area contributed by atoms with Crippen LogP contribution in [0.15, 0.2) is 18.6 Å². The van der Waals surface area contributed by atoms with Gasteiger partial charge in [0, 0.05) is 12.7 Å². The summed E-state index contributed by atoms with van der Waals surface area (Å²) in [6.45, 7) is 3.62. The Bertz CT molecular complexity index is 1040. The van der Waals surface area contributed by atoms with Crippen molar-refractivity contribution in [2.75, 3.05) is 18.8 Å². The van der Waals surface area contributed by atoms with E-state index in [2.05, 4.69) is 32.2 Å². The lowest BCUT2D eigenvalue weighted by molar-refractivity contribution is 0.505. The molecule has 3 aromatic heterocycles. The van der Waals surface area contributed by atoms with E-state index in [1.54, 1.807) is 6.20 Å². The standard InChI is InChI=1S/C18H16F2N6/c1-10-6-24-18(21)16-15(3-2-12-13(19)8-23-9-14(12)20)25-26(17(10)16)11-4-5-22-7-11/h6,8-9,11,22H,4-5,7H2,1H3,(H2,21,24)/t11-/m0/s1. The Hall–Kier alpha value is -3.05. The summed E-state index contributed by atoms with van der Waals surface area (Å²) in [4.78, 5) is 7.64. The molecule has 1 aliphatic rings. The molecule has 0 saturated carbocycles. The molecule has 0 spiro atoms. The van der Waals surface area contributed by atoms with Crippen LogP contribution in [0.3, 0.4) is 0 Å². The summed E-state index contributed by atoms with van der Waals surface area (Å²) in [6, 6.07) is 0.169. The lowest BCUT2D eigenvalue weighted by Crippen LogP contribution is -2.15. The Balaban J connectivity index is 1.91. The van der Waals surface area contributed by atoms with E-state index >= 15 is 0 Å². The normalized spacial score (nSPS) is 16.7. The Kier molecular flexibility index (Phi) is 4.01. The number of nitrogens with two attached hydrogens (primary N) is 1. The molecule has 0 amide bonds. The van der Waals surface area contributed by atoms with Gasteiger partial charge in [-0.3, -0.25) is 9.67 Å². The van der Waals surface area contributed by atoms with Gasteiger partial charge in [-0.2, -0.15) is 5.10 Å². The first-order valence-corrected chi connectivity index (χ1v) is 8.21. The highest BCUT2D eigenvalue weighted by Crippen LogP contribution is 2.29. The second-order valence-corrected chi connectivity index (χ2v) is 6.22. The number of hydrogen-bond donors (Lipinski definition) is 2. The highest BCUT2D eigenvalue weighted by Gasteiger charge is 2.23. The van der Waals surface area contributed by atoms with Crippen molar-refractivity contribution in [1.82, 2.24) is 25.1 Å². The van der Waals surface area contributed by atoms with Gasteiger partial charge in [0.15, 0.2) is 11.6 Å². The van der Waals surface area contributed by atoms with Crippen molar-refractivity contribution >= 4 is 16.7 Å². The molecule has 0 aromatic carbocycles. The van der Waals surface area contributed by atoms with Gasteiger partial charge in [0.05, 0.1) is 34.9 Å². The third-order valence-corrected chi connectivity index (χ3v) is 4.48. The molecular weight excluding hydrogens is 338 g/mol. The molecule has 3 N–H and O–H groups in total. The van der Waals surface area contributed by atoms with Crippen molar-refractivity contribution in [2.24, 2.45) is 0 Å². The van der Waals surface area contributed by atoms with Crippen LogP contribution >= 0.6 is 0 Å². The summed E-state index contributed by atoms with van der Waals surface area (Å²) < 4.78 is 29.5. The first kappa shape index (κ1) is 16.4. The number of rotatable bonds is 1. The molecule has 1 aliphatic heterocycles. The van der Waals surface area contributed by atoms with Gasteiger partial charge in [-0.25, -0.2) is 13.8 Å². The molecule has 6 nitrogen and oxygen atoms in total. The van der Waals surface area contributed by atoms with Gasteiger partial charge in [0.1, 0.15) is 11.5 Å². The van der Waals surface area contributed by atoms with Crippen molar-refractivity contribution in [3.8, 4) is 11.8 Å². The van der Waals surface area contributed by atoms with Crippen LogP contribution in [0.25, 0.3) is 10.9 Å². The van der Waals surface area contributed by atoms with Gasteiger partial charge in [-0.15, -0.1) is 0 Å². The smallest absolute Gasteiger partial charge is 0.160 e. The predicted octanol–water partition coefficient (Wildman–Crippen LogP) is 1.93. The zero-order chi connectivity index (χ0) is 18.3. The molecule has 0 aliphatic carbocycles. The molecular formula is C18H16F2N6. The van der Waals surface area contributed by atoms with Crippen LogP contribution in [0, 0.1) is 30.4 Å². The second kappa shape index (κ2) is 6.35. The fourth-order valence-electron chi connectivity index (χ4n) is 3.20. The number of nitrogens with one attached hydrogen (secondary N) is 1. The average molecular weight is 354 g/mol. The molecule has 0 unspecified atom stereocenters. The summed E-state index contributed by atoms with van der Waals surface area (Å²) in [5.74, 6) is 3.95. The Labute approximate surface area is 148 Å². The lowest BCUT2D eigenvalue weighted by atomic mass is 10.1. The SMILES string of the molecule is Cc1cnc(N)c2c(C#Cc3c(F)cncc3F)nn([C@H]3CCNC3)c12. The molecule has 4 rings (SSSR count). The summed E-state index contributed by atoms with van der Waals surface area (Å²) in [5.41, 5.74) is 7.85. The van der Waals surface area contributed by atoms with Crippen LogP contribution in [0.4, 0.5) is 14.6 Å². The number of fused-ring (bicyclic) bond motifs is 1. The average Bonchev–Trinajstić information content (AvgIpc) is 3.26. The molecule has 1 fully saturated rings. The number of hydrogen-bond acceptors (Lipinski definition) is 5. The highest BCUT2D eigenvalue weighted by molar-refractivity contribution is 5.95. The molecule has 4 heterocycles. The molecule has 0 radical (unpaired) electrons. The maximum Gasteiger partial charge on any atom is 0.160 e. The number of anilines is 1. The van der Waals surface area contributed by atoms with Gasteiger partial charge < -0.3 is 11.1 Å². The molecule has 8 heteroatoms. The molecule has 26 heavy (non-hydrogen) atoms. The monoisotopic (exact) mass is 354 g/mol. The number of pyridine rings is 2. The van der Waals surface area contributed by atoms with E-state index in [4.69, 9.17) is 5.73 Å². The molecule has 1 saturated heterocycles. The number of nitrogen functional groups attached to an aromatic ring is 1. The summed E-state index contributed by atoms with van der Waals surface area (Å²) in [7, 11) is 0. The lowest BCUT2D eigenvalue weighted by Gasteiger charge is -2.11. The van der Waals surface area contributed by atoms with Gasteiger partial charge in [0.2, 0.25) is 0 Å². The summed E-state index contributed by atoms with van der Waals surface area (Å²) in [6.07, 6.45) is 4.47.